The molecule has 0 aliphatic carbocycles. The van der Waals surface area contributed by atoms with Crippen LogP contribution in [0.2, 0.25) is 5.02 Å². The van der Waals surface area contributed by atoms with E-state index in [2.05, 4.69) is 5.32 Å². The Bertz CT molecular complexity index is 634. The number of benzene rings is 2. The van der Waals surface area contributed by atoms with Gasteiger partial charge in [0.05, 0.1) is 25.3 Å². The van der Waals surface area contributed by atoms with Crippen LogP contribution in [0.15, 0.2) is 36.4 Å². The fourth-order valence-corrected chi connectivity index (χ4v) is 2.44. The number of hydrogen-bond donors (Lipinski definition) is 1. The zero-order valence-corrected chi connectivity index (χ0v) is 12.9. The average Bonchev–Trinajstić information content (AvgIpc) is 2.51. The van der Waals surface area contributed by atoms with Gasteiger partial charge in [0, 0.05) is 0 Å². The molecule has 1 atom stereocenters. The molecule has 0 aromatic heterocycles. The maximum Gasteiger partial charge on any atom is 0.161 e. The van der Waals surface area contributed by atoms with E-state index in [0.29, 0.717) is 11.5 Å². The van der Waals surface area contributed by atoms with Crippen molar-refractivity contribution in [3.8, 4) is 11.5 Å². The number of halogens is 2. The van der Waals surface area contributed by atoms with Gasteiger partial charge in [-0.3, -0.25) is 0 Å². The van der Waals surface area contributed by atoms with Crippen LogP contribution in [0.3, 0.4) is 0 Å². The van der Waals surface area contributed by atoms with Crippen LogP contribution in [-0.4, -0.2) is 21.3 Å². The van der Waals surface area contributed by atoms with Crippen LogP contribution in [0.25, 0.3) is 0 Å². The van der Waals surface area contributed by atoms with Crippen molar-refractivity contribution < 1.29 is 13.9 Å². The van der Waals surface area contributed by atoms with Gasteiger partial charge in [-0.15, -0.1) is 0 Å². The van der Waals surface area contributed by atoms with Crippen LogP contribution in [-0.2, 0) is 0 Å². The summed E-state index contributed by atoms with van der Waals surface area (Å²) in [6, 6.07) is 10.2. The summed E-state index contributed by atoms with van der Waals surface area (Å²) in [6.45, 7) is 0. The van der Waals surface area contributed by atoms with Crippen molar-refractivity contribution in [2.24, 2.45) is 0 Å². The van der Waals surface area contributed by atoms with E-state index >= 15 is 0 Å². The molecule has 2 aromatic carbocycles. The molecule has 1 N–H and O–H groups in total. The maximum absolute atomic E-state index is 13.3. The molecule has 0 saturated carbocycles. The van der Waals surface area contributed by atoms with Crippen LogP contribution in [0, 0.1) is 5.82 Å². The summed E-state index contributed by atoms with van der Waals surface area (Å²) in [4.78, 5) is 0. The minimum Gasteiger partial charge on any atom is -0.493 e. The minimum absolute atomic E-state index is 0.105. The smallest absolute Gasteiger partial charge is 0.161 e. The molecular formula is C16H17ClFNO2. The normalized spacial score (nSPS) is 12.0. The molecular weight excluding hydrogens is 293 g/mol. The summed E-state index contributed by atoms with van der Waals surface area (Å²) in [5, 5.41) is 3.30. The first-order valence-electron chi connectivity index (χ1n) is 6.44. The Morgan fingerprint density at radius 1 is 1.00 bits per heavy atom. The quantitative estimate of drug-likeness (QED) is 0.911. The van der Waals surface area contributed by atoms with Gasteiger partial charge >= 0.3 is 0 Å². The predicted molar refractivity (Wildman–Crippen MR) is 81.9 cm³/mol. The van der Waals surface area contributed by atoms with Crippen molar-refractivity contribution in [1.82, 2.24) is 5.32 Å². The summed E-state index contributed by atoms with van der Waals surface area (Å²) in [7, 11) is 5.01. The molecule has 0 heterocycles. The summed E-state index contributed by atoms with van der Waals surface area (Å²) in [6.07, 6.45) is 0. The third kappa shape index (κ3) is 3.28. The lowest BCUT2D eigenvalue weighted by atomic mass is 9.98. The van der Waals surface area contributed by atoms with Gasteiger partial charge in [-0.2, -0.15) is 0 Å². The van der Waals surface area contributed by atoms with Crippen molar-refractivity contribution in [1.29, 1.82) is 0 Å². The number of hydrogen-bond acceptors (Lipinski definition) is 3. The van der Waals surface area contributed by atoms with E-state index in [1.165, 1.54) is 6.07 Å². The molecule has 21 heavy (non-hydrogen) atoms. The second-order valence-electron chi connectivity index (χ2n) is 4.51. The Labute approximate surface area is 128 Å². The molecule has 2 rings (SSSR count). The van der Waals surface area contributed by atoms with Crippen LogP contribution >= 0.6 is 11.6 Å². The Kier molecular flexibility index (Phi) is 5.04. The third-order valence-corrected chi connectivity index (χ3v) is 3.60. The molecule has 0 spiro atoms. The number of ether oxygens (including phenoxy) is 2. The standard InChI is InChI=1S/C16H17ClFNO2/c1-19-16(10-4-6-13(18)12(17)8-10)11-5-7-14(20-2)15(9-11)21-3/h4-9,16,19H,1-3H3. The molecule has 0 amide bonds. The van der Waals surface area contributed by atoms with E-state index in [4.69, 9.17) is 21.1 Å². The lowest BCUT2D eigenvalue weighted by Gasteiger charge is -2.19. The van der Waals surface area contributed by atoms with Crippen molar-refractivity contribution in [3.05, 3.63) is 58.4 Å². The monoisotopic (exact) mass is 309 g/mol. The molecule has 0 aliphatic heterocycles. The molecule has 0 bridgehead atoms. The molecule has 0 aliphatic rings. The Hall–Kier alpha value is -1.78. The first-order valence-corrected chi connectivity index (χ1v) is 6.82. The second-order valence-corrected chi connectivity index (χ2v) is 4.92. The van der Waals surface area contributed by atoms with Crippen LogP contribution in [0.5, 0.6) is 11.5 Å². The van der Waals surface area contributed by atoms with Crippen molar-refractivity contribution in [3.63, 3.8) is 0 Å². The molecule has 2 aromatic rings. The van der Waals surface area contributed by atoms with E-state index in [1.807, 2.05) is 25.2 Å². The van der Waals surface area contributed by atoms with Gasteiger partial charge in [0.25, 0.3) is 0 Å². The topological polar surface area (TPSA) is 30.5 Å². The van der Waals surface area contributed by atoms with E-state index < -0.39 is 5.82 Å². The first kappa shape index (κ1) is 15.6. The zero-order valence-electron chi connectivity index (χ0n) is 12.1. The second kappa shape index (κ2) is 6.78. The zero-order chi connectivity index (χ0) is 15.4. The van der Waals surface area contributed by atoms with Gasteiger partial charge in [0.2, 0.25) is 0 Å². The lowest BCUT2D eigenvalue weighted by molar-refractivity contribution is 0.354. The molecule has 1 unspecified atom stereocenters. The van der Waals surface area contributed by atoms with E-state index in [-0.39, 0.29) is 11.1 Å². The fraction of sp³-hybridized carbons (Fsp3) is 0.250. The van der Waals surface area contributed by atoms with Crippen LogP contribution < -0.4 is 14.8 Å². The van der Waals surface area contributed by atoms with Crippen molar-refractivity contribution in [2.45, 2.75) is 6.04 Å². The molecule has 5 heteroatoms. The summed E-state index contributed by atoms with van der Waals surface area (Å²) < 4.78 is 23.8. The van der Waals surface area contributed by atoms with Crippen LogP contribution in [0.1, 0.15) is 17.2 Å². The summed E-state index contributed by atoms with van der Waals surface area (Å²) in [5.41, 5.74) is 1.84. The molecule has 0 fully saturated rings. The van der Waals surface area contributed by atoms with Gasteiger partial charge in [-0.1, -0.05) is 23.7 Å². The molecule has 0 saturated heterocycles. The highest BCUT2D eigenvalue weighted by molar-refractivity contribution is 6.30. The van der Waals surface area contributed by atoms with Gasteiger partial charge in [0.1, 0.15) is 5.82 Å². The number of methoxy groups -OCH3 is 2. The Morgan fingerprint density at radius 3 is 2.19 bits per heavy atom. The Balaban J connectivity index is 2.43. The highest BCUT2D eigenvalue weighted by Gasteiger charge is 2.16. The third-order valence-electron chi connectivity index (χ3n) is 3.31. The lowest BCUT2D eigenvalue weighted by Crippen LogP contribution is -2.17. The van der Waals surface area contributed by atoms with Crippen LogP contribution in [0.4, 0.5) is 4.39 Å². The summed E-state index contributed by atoms with van der Waals surface area (Å²) in [5.74, 6) is 0.874. The van der Waals surface area contributed by atoms with Crippen molar-refractivity contribution in [2.75, 3.05) is 21.3 Å². The minimum atomic E-state index is -0.428. The SMILES string of the molecule is CNC(c1ccc(F)c(Cl)c1)c1ccc(OC)c(OC)c1. The van der Waals surface area contributed by atoms with Gasteiger partial charge in [0.15, 0.2) is 11.5 Å². The molecule has 3 nitrogen and oxygen atoms in total. The van der Waals surface area contributed by atoms with E-state index in [9.17, 15) is 4.39 Å². The predicted octanol–water partition coefficient (Wildman–Crippen LogP) is 3.81. The van der Waals surface area contributed by atoms with E-state index in [1.54, 1.807) is 26.4 Å². The number of nitrogens with one attached hydrogen (secondary N) is 1. The van der Waals surface area contributed by atoms with E-state index in [0.717, 1.165) is 11.1 Å². The first-order chi connectivity index (χ1) is 10.1. The fourth-order valence-electron chi connectivity index (χ4n) is 2.25. The number of rotatable bonds is 5. The highest BCUT2D eigenvalue weighted by atomic mass is 35.5. The highest BCUT2D eigenvalue weighted by Crippen LogP contribution is 2.33. The van der Waals surface area contributed by atoms with Gasteiger partial charge < -0.3 is 14.8 Å². The molecule has 112 valence electrons. The largest absolute Gasteiger partial charge is 0.493 e. The summed E-state index contributed by atoms with van der Waals surface area (Å²) >= 11 is 5.86. The van der Waals surface area contributed by atoms with Gasteiger partial charge in [-0.25, -0.2) is 4.39 Å². The Morgan fingerprint density at radius 2 is 1.62 bits per heavy atom. The van der Waals surface area contributed by atoms with Gasteiger partial charge in [-0.05, 0) is 42.4 Å². The maximum atomic E-state index is 13.3. The van der Waals surface area contributed by atoms with Crippen molar-refractivity contribution >= 4 is 11.6 Å². The molecule has 0 radical (unpaired) electrons. The average molecular weight is 310 g/mol.